The number of rotatable bonds is 7. The summed E-state index contributed by atoms with van der Waals surface area (Å²) in [7, 11) is 0. The number of amides is 2. The van der Waals surface area contributed by atoms with Crippen molar-refractivity contribution in [1.29, 1.82) is 0 Å². The lowest BCUT2D eigenvalue weighted by molar-refractivity contribution is 0.0112. The number of aryl methyl sites for hydroxylation is 1. The zero-order valence-corrected chi connectivity index (χ0v) is 17.6. The average molecular weight is 398 g/mol. The zero-order chi connectivity index (χ0) is 20.6. The maximum absolute atomic E-state index is 12.5. The molecule has 1 saturated heterocycles. The molecule has 1 aliphatic heterocycles. The van der Waals surface area contributed by atoms with Crippen LogP contribution in [-0.4, -0.2) is 41.7 Å². The third-order valence-electron chi connectivity index (χ3n) is 5.01. The second-order valence-electron chi connectivity index (χ2n) is 7.97. The SMILES string of the molecule is Cc1ccc(Oc2ccc(NC(=O)N3CCC(OCCC(C)C)CC3)cn2)cc1. The van der Waals surface area contributed by atoms with Crippen molar-refractivity contribution in [1.82, 2.24) is 9.88 Å². The molecule has 6 nitrogen and oxygen atoms in total. The summed E-state index contributed by atoms with van der Waals surface area (Å²) in [6.45, 7) is 8.65. The van der Waals surface area contributed by atoms with Crippen molar-refractivity contribution in [3.05, 3.63) is 48.2 Å². The van der Waals surface area contributed by atoms with Gasteiger partial charge < -0.3 is 19.7 Å². The van der Waals surface area contributed by atoms with Crippen LogP contribution in [0.5, 0.6) is 11.6 Å². The van der Waals surface area contributed by atoms with Gasteiger partial charge in [-0.15, -0.1) is 0 Å². The number of carbonyl (C=O) groups is 1. The molecule has 2 amide bonds. The molecule has 0 spiro atoms. The van der Waals surface area contributed by atoms with Crippen LogP contribution >= 0.6 is 0 Å². The van der Waals surface area contributed by atoms with Gasteiger partial charge in [-0.3, -0.25) is 0 Å². The molecule has 1 N–H and O–H groups in total. The van der Waals surface area contributed by atoms with Crippen LogP contribution in [0.2, 0.25) is 0 Å². The first-order valence-electron chi connectivity index (χ1n) is 10.4. The van der Waals surface area contributed by atoms with Crippen molar-refractivity contribution in [3.8, 4) is 11.6 Å². The Morgan fingerprint density at radius 1 is 1.17 bits per heavy atom. The summed E-state index contributed by atoms with van der Waals surface area (Å²) in [5, 5.41) is 2.91. The number of hydrogen-bond donors (Lipinski definition) is 1. The van der Waals surface area contributed by atoms with Gasteiger partial charge in [0.1, 0.15) is 5.75 Å². The first kappa shape index (κ1) is 21.1. The molecule has 1 fully saturated rings. The smallest absolute Gasteiger partial charge is 0.321 e. The summed E-state index contributed by atoms with van der Waals surface area (Å²) in [4.78, 5) is 18.6. The fraction of sp³-hybridized carbons (Fsp3) is 0.478. The Balaban J connectivity index is 1.43. The topological polar surface area (TPSA) is 63.7 Å². The molecule has 3 rings (SSSR count). The van der Waals surface area contributed by atoms with Crippen molar-refractivity contribution in [2.24, 2.45) is 5.92 Å². The van der Waals surface area contributed by atoms with Gasteiger partial charge in [-0.25, -0.2) is 9.78 Å². The summed E-state index contributed by atoms with van der Waals surface area (Å²) in [6, 6.07) is 11.2. The number of ether oxygens (including phenoxy) is 2. The molecule has 0 radical (unpaired) electrons. The number of aromatic nitrogens is 1. The lowest BCUT2D eigenvalue weighted by atomic mass is 10.1. The monoisotopic (exact) mass is 397 g/mol. The van der Waals surface area contributed by atoms with E-state index in [-0.39, 0.29) is 12.1 Å². The second-order valence-corrected chi connectivity index (χ2v) is 7.97. The third kappa shape index (κ3) is 6.75. The van der Waals surface area contributed by atoms with Crippen molar-refractivity contribution >= 4 is 11.7 Å². The van der Waals surface area contributed by atoms with E-state index in [2.05, 4.69) is 24.1 Å². The van der Waals surface area contributed by atoms with E-state index >= 15 is 0 Å². The van der Waals surface area contributed by atoms with Crippen molar-refractivity contribution in [3.63, 3.8) is 0 Å². The van der Waals surface area contributed by atoms with E-state index in [0.29, 0.717) is 30.6 Å². The summed E-state index contributed by atoms with van der Waals surface area (Å²) >= 11 is 0. The van der Waals surface area contributed by atoms with E-state index < -0.39 is 0 Å². The molecule has 6 heteroatoms. The van der Waals surface area contributed by atoms with Crippen LogP contribution in [0.4, 0.5) is 10.5 Å². The van der Waals surface area contributed by atoms with E-state index in [9.17, 15) is 4.79 Å². The number of likely N-dealkylation sites (tertiary alicyclic amines) is 1. The van der Waals surface area contributed by atoms with Crippen LogP contribution in [0.3, 0.4) is 0 Å². The third-order valence-corrected chi connectivity index (χ3v) is 5.01. The number of anilines is 1. The minimum absolute atomic E-state index is 0.0976. The summed E-state index contributed by atoms with van der Waals surface area (Å²) in [6.07, 6.45) is 4.72. The predicted molar refractivity (Wildman–Crippen MR) is 115 cm³/mol. The number of piperidine rings is 1. The lowest BCUT2D eigenvalue weighted by Gasteiger charge is -2.32. The Bertz CT molecular complexity index is 767. The van der Waals surface area contributed by atoms with Crippen molar-refractivity contribution in [2.75, 3.05) is 25.0 Å². The van der Waals surface area contributed by atoms with Crippen LogP contribution in [0, 0.1) is 12.8 Å². The highest BCUT2D eigenvalue weighted by atomic mass is 16.5. The highest BCUT2D eigenvalue weighted by Crippen LogP contribution is 2.21. The maximum Gasteiger partial charge on any atom is 0.321 e. The van der Waals surface area contributed by atoms with Gasteiger partial charge in [0.25, 0.3) is 0 Å². The Morgan fingerprint density at radius 2 is 1.90 bits per heavy atom. The van der Waals surface area contributed by atoms with Gasteiger partial charge >= 0.3 is 6.03 Å². The number of nitrogens with zero attached hydrogens (tertiary/aromatic N) is 2. The van der Waals surface area contributed by atoms with Crippen molar-refractivity contribution < 1.29 is 14.3 Å². The van der Waals surface area contributed by atoms with Crippen molar-refractivity contribution in [2.45, 2.75) is 46.1 Å². The molecule has 0 saturated carbocycles. The molecule has 156 valence electrons. The van der Waals surface area contributed by atoms with Gasteiger partial charge in [0.2, 0.25) is 5.88 Å². The fourth-order valence-electron chi connectivity index (χ4n) is 3.14. The first-order valence-corrected chi connectivity index (χ1v) is 10.4. The fourth-order valence-corrected chi connectivity index (χ4v) is 3.14. The quantitative estimate of drug-likeness (QED) is 0.694. The molecule has 29 heavy (non-hydrogen) atoms. The molecule has 0 unspecified atom stereocenters. The molecule has 0 atom stereocenters. The van der Waals surface area contributed by atoms with E-state index in [1.165, 1.54) is 5.56 Å². The van der Waals surface area contributed by atoms with Gasteiger partial charge in [-0.05, 0) is 50.3 Å². The van der Waals surface area contributed by atoms with E-state index in [4.69, 9.17) is 9.47 Å². The molecule has 1 aliphatic rings. The zero-order valence-electron chi connectivity index (χ0n) is 17.6. The lowest BCUT2D eigenvalue weighted by Crippen LogP contribution is -2.43. The molecule has 0 bridgehead atoms. The maximum atomic E-state index is 12.5. The highest BCUT2D eigenvalue weighted by Gasteiger charge is 2.23. The first-order chi connectivity index (χ1) is 14.0. The molecule has 1 aromatic carbocycles. The molecule has 0 aliphatic carbocycles. The number of urea groups is 1. The molecule has 2 aromatic rings. The predicted octanol–water partition coefficient (Wildman–Crippen LogP) is 5.24. The van der Waals surface area contributed by atoms with Gasteiger partial charge in [0.05, 0.1) is 18.0 Å². The highest BCUT2D eigenvalue weighted by molar-refractivity contribution is 5.89. The Labute approximate surface area is 173 Å². The number of pyridine rings is 1. The van der Waals surface area contributed by atoms with E-state index in [0.717, 1.165) is 31.6 Å². The van der Waals surface area contributed by atoms with Gasteiger partial charge in [0, 0.05) is 25.8 Å². The number of carbonyl (C=O) groups excluding carboxylic acids is 1. The van der Waals surface area contributed by atoms with Crippen LogP contribution < -0.4 is 10.1 Å². The Hall–Kier alpha value is -2.60. The van der Waals surface area contributed by atoms with E-state index in [1.54, 1.807) is 18.3 Å². The van der Waals surface area contributed by atoms with Crippen LogP contribution in [-0.2, 0) is 4.74 Å². The number of nitrogens with one attached hydrogen (secondary N) is 1. The largest absolute Gasteiger partial charge is 0.439 e. The van der Waals surface area contributed by atoms with Crippen LogP contribution in [0.1, 0.15) is 38.7 Å². The average Bonchev–Trinajstić information content (AvgIpc) is 2.71. The minimum atomic E-state index is -0.0976. The molecule has 1 aromatic heterocycles. The van der Waals surface area contributed by atoms with Crippen LogP contribution in [0.15, 0.2) is 42.6 Å². The Morgan fingerprint density at radius 3 is 2.52 bits per heavy atom. The second kappa shape index (κ2) is 10.3. The molecular formula is C23H31N3O3. The van der Waals surface area contributed by atoms with Gasteiger partial charge in [0.15, 0.2) is 0 Å². The van der Waals surface area contributed by atoms with Crippen LogP contribution in [0.25, 0.3) is 0 Å². The molecular weight excluding hydrogens is 366 g/mol. The van der Waals surface area contributed by atoms with Gasteiger partial charge in [-0.2, -0.15) is 0 Å². The molecule has 2 heterocycles. The number of benzene rings is 1. The summed E-state index contributed by atoms with van der Waals surface area (Å²) in [5.41, 5.74) is 1.83. The number of hydrogen-bond acceptors (Lipinski definition) is 4. The summed E-state index contributed by atoms with van der Waals surface area (Å²) in [5.74, 6) is 1.88. The van der Waals surface area contributed by atoms with E-state index in [1.807, 2.05) is 36.1 Å². The van der Waals surface area contributed by atoms with Gasteiger partial charge in [-0.1, -0.05) is 31.5 Å². The Kier molecular flexibility index (Phi) is 7.47. The standard InChI is InChI=1S/C23H31N3O3/c1-17(2)12-15-28-20-10-13-26(14-11-20)23(27)25-19-6-9-22(24-16-19)29-21-7-4-18(3)5-8-21/h4-9,16-17,20H,10-15H2,1-3H3,(H,25,27). The normalized spacial score (nSPS) is 14.8. The summed E-state index contributed by atoms with van der Waals surface area (Å²) < 4.78 is 11.6. The minimum Gasteiger partial charge on any atom is -0.439 e.